The van der Waals surface area contributed by atoms with Crippen LogP contribution in [0, 0.1) is 0 Å². The highest BCUT2D eigenvalue weighted by molar-refractivity contribution is 4.62. The number of nitrogens with one attached hydrogen (secondary N) is 1. The third kappa shape index (κ3) is 4.39. The smallest absolute Gasteiger partial charge is 0.0616 e. The van der Waals surface area contributed by atoms with Crippen LogP contribution in [0.4, 0.5) is 0 Å². The monoisotopic (exact) mass is 132 g/mol. The van der Waals surface area contributed by atoms with Crippen LogP contribution in [-0.2, 0) is 4.74 Å². The van der Waals surface area contributed by atoms with E-state index in [0.29, 0.717) is 6.04 Å². The Hall–Kier alpha value is -0.120. The van der Waals surface area contributed by atoms with Crippen LogP contribution in [0.1, 0.15) is 6.42 Å². The first-order chi connectivity index (χ1) is 4.35. The molecule has 0 fully saturated rings. The lowest BCUT2D eigenvalue weighted by atomic mass is 10.2. The van der Waals surface area contributed by atoms with Gasteiger partial charge in [-0.2, -0.15) is 0 Å². The van der Waals surface area contributed by atoms with Crippen LogP contribution < -0.4 is 11.1 Å². The molecule has 3 N–H and O–H groups in total. The third-order valence-corrected chi connectivity index (χ3v) is 1.29. The second kappa shape index (κ2) is 6.01. The molecule has 0 saturated heterocycles. The average molecular weight is 132 g/mol. The van der Waals surface area contributed by atoms with Crippen LogP contribution in [0.5, 0.6) is 0 Å². The van der Waals surface area contributed by atoms with Crippen molar-refractivity contribution in [3.8, 4) is 0 Å². The zero-order valence-corrected chi connectivity index (χ0v) is 6.18. The minimum absolute atomic E-state index is 0.417. The molecule has 0 bridgehead atoms. The topological polar surface area (TPSA) is 47.3 Å². The molecule has 0 heterocycles. The van der Waals surface area contributed by atoms with Gasteiger partial charge in [-0.25, -0.2) is 0 Å². The number of nitrogens with two attached hydrogens (primary N) is 1. The Morgan fingerprint density at radius 2 is 2.33 bits per heavy atom. The summed E-state index contributed by atoms with van der Waals surface area (Å²) < 4.78 is 4.93. The Bertz CT molecular complexity index is 53.0. The quantitative estimate of drug-likeness (QED) is 0.533. The summed E-state index contributed by atoms with van der Waals surface area (Å²) in [7, 11) is 3.61. The highest BCUT2D eigenvalue weighted by Gasteiger charge is 2.01. The molecule has 0 rings (SSSR count). The van der Waals surface area contributed by atoms with Crippen LogP contribution in [-0.4, -0.2) is 33.4 Å². The largest absolute Gasteiger partial charge is 0.383 e. The van der Waals surface area contributed by atoms with Gasteiger partial charge in [0, 0.05) is 13.2 Å². The normalized spacial score (nSPS) is 13.7. The van der Waals surface area contributed by atoms with E-state index in [2.05, 4.69) is 5.32 Å². The van der Waals surface area contributed by atoms with Crippen molar-refractivity contribution < 1.29 is 4.74 Å². The minimum atomic E-state index is 0.417. The average Bonchev–Trinajstić information content (AvgIpc) is 1.88. The summed E-state index contributed by atoms with van der Waals surface area (Å²) in [5, 5.41) is 3.10. The highest BCUT2D eigenvalue weighted by Crippen LogP contribution is 1.87. The summed E-state index contributed by atoms with van der Waals surface area (Å²) in [5.74, 6) is 0. The van der Waals surface area contributed by atoms with Crippen molar-refractivity contribution in [1.82, 2.24) is 5.32 Å². The molecule has 1 atom stereocenters. The molecule has 0 amide bonds. The molecule has 0 aliphatic rings. The molecule has 0 spiro atoms. The summed E-state index contributed by atoms with van der Waals surface area (Å²) in [6, 6.07) is 0.417. The van der Waals surface area contributed by atoms with Gasteiger partial charge in [0.1, 0.15) is 0 Å². The first-order valence-electron chi connectivity index (χ1n) is 3.21. The number of likely N-dealkylation sites (N-methyl/N-ethyl adjacent to an activating group) is 1. The molecule has 9 heavy (non-hydrogen) atoms. The molecule has 0 aliphatic heterocycles. The molecule has 0 unspecified atom stereocenters. The first kappa shape index (κ1) is 8.88. The number of hydrogen-bond acceptors (Lipinski definition) is 3. The van der Waals surface area contributed by atoms with E-state index in [1.807, 2.05) is 7.05 Å². The second-order valence-corrected chi connectivity index (χ2v) is 2.02. The van der Waals surface area contributed by atoms with Crippen molar-refractivity contribution in [1.29, 1.82) is 0 Å². The van der Waals surface area contributed by atoms with E-state index in [4.69, 9.17) is 10.5 Å². The lowest BCUT2D eigenvalue weighted by Crippen LogP contribution is -2.32. The Balaban J connectivity index is 3.18. The Kier molecular flexibility index (Phi) is 5.93. The fourth-order valence-electron chi connectivity index (χ4n) is 0.713. The number of methoxy groups -OCH3 is 1. The minimum Gasteiger partial charge on any atom is -0.383 e. The molecule has 56 valence electrons. The van der Waals surface area contributed by atoms with E-state index in [9.17, 15) is 0 Å². The summed E-state index contributed by atoms with van der Waals surface area (Å²) in [5.41, 5.74) is 5.34. The van der Waals surface area contributed by atoms with Gasteiger partial charge in [-0.1, -0.05) is 0 Å². The van der Waals surface area contributed by atoms with Gasteiger partial charge in [0.05, 0.1) is 6.61 Å². The summed E-state index contributed by atoms with van der Waals surface area (Å²) in [6.07, 6.45) is 0.977. The summed E-state index contributed by atoms with van der Waals surface area (Å²) >= 11 is 0. The predicted molar refractivity (Wildman–Crippen MR) is 38.4 cm³/mol. The molecule has 0 saturated carbocycles. The van der Waals surface area contributed by atoms with Crippen LogP contribution in [0.3, 0.4) is 0 Å². The van der Waals surface area contributed by atoms with Crippen LogP contribution in [0.15, 0.2) is 0 Å². The molecule has 3 nitrogen and oxygen atoms in total. The van der Waals surface area contributed by atoms with Gasteiger partial charge in [0.25, 0.3) is 0 Å². The maximum atomic E-state index is 5.34. The lowest BCUT2D eigenvalue weighted by molar-refractivity contribution is 0.167. The Morgan fingerprint density at radius 1 is 1.67 bits per heavy atom. The zero-order chi connectivity index (χ0) is 7.11. The SMILES string of the molecule is CN[C@H](CCN)COC. The first-order valence-corrected chi connectivity index (χ1v) is 3.21. The summed E-state index contributed by atoms with van der Waals surface area (Å²) in [6.45, 7) is 1.46. The maximum Gasteiger partial charge on any atom is 0.0616 e. The van der Waals surface area contributed by atoms with E-state index < -0.39 is 0 Å². The highest BCUT2D eigenvalue weighted by atomic mass is 16.5. The molecular weight excluding hydrogens is 116 g/mol. The molecule has 3 heteroatoms. The zero-order valence-electron chi connectivity index (χ0n) is 6.18. The molecular formula is C6H16N2O. The maximum absolute atomic E-state index is 5.34. The molecule has 0 radical (unpaired) electrons. The van der Waals surface area contributed by atoms with Crippen LogP contribution in [0.2, 0.25) is 0 Å². The third-order valence-electron chi connectivity index (χ3n) is 1.29. The fourth-order valence-corrected chi connectivity index (χ4v) is 0.713. The number of hydrogen-bond donors (Lipinski definition) is 2. The van der Waals surface area contributed by atoms with Crippen molar-refractivity contribution in [2.75, 3.05) is 27.3 Å². The van der Waals surface area contributed by atoms with Gasteiger partial charge in [-0.3, -0.25) is 0 Å². The molecule has 0 aromatic carbocycles. The van der Waals surface area contributed by atoms with Gasteiger partial charge >= 0.3 is 0 Å². The number of rotatable bonds is 5. The molecule has 0 aliphatic carbocycles. The van der Waals surface area contributed by atoms with E-state index in [-0.39, 0.29) is 0 Å². The van der Waals surface area contributed by atoms with Crippen molar-refractivity contribution >= 4 is 0 Å². The standard InChI is InChI=1S/C6H16N2O/c1-8-6(3-4-7)5-9-2/h6,8H,3-5,7H2,1-2H3/t6-/m1/s1. The molecule has 0 aromatic heterocycles. The number of ether oxygens (including phenoxy) is 1. The van der Waals surface area contributed by atoms with Crippen LogP contribution >= 0.6 is 0 Å². The summed E-state index contributed by atoms with van der Waals surface area (Å²) in [4.78, 5) is 0. The Labute approximate surface area is 56.6 Å². The van der Waals surface area contributed by atoms with E-state index >= 15 is 0 Å². The Morgan fingerprint density at radius 3 is 2.67 bits per heavy atom. The van der Waals surface area contributed by atoms with Gasteiger partial charge in [0.15, 0.2) is 0 Å². The van der Waals surface area contributed by atoms with Crippen molar-refractivity contribution in [3.63, 3.8) is 0 Å². The second-order valence-electron chi connectivity index (χ2n) is 2.02. The van der Waals surface area contributed by atoms with E-state index in [1.165, 1.54) is 0 Å². The van der Waals surface area contributed by atoms with Crippen LogP contribution in [0.25, 0.3) is 0 Å². The van der Waals surface area contributed by atoms with Gasteiger partial charge in [-0.05, 0) is 20.0 Å². The van der Waals surface area contributed by atoms with Gasteiger partial charge < -0.3 is 15.8 Å². The van der Waals surface area contributed by atoms with Gasteiger partial charge in [-0.15, -0.1) is 0 Å². The fraction of sp³-hybridized carbons (Fsp3) is 1.00. The van der Waals surface area contributed by atoms with Crippen molar-refractivity contribution in [2.45, 2.75) is 12.5 Å². The van der Waals surface area contributed by atoms with Crippen molar-refractivity contribution in [2.24, 2.45) is 5.73 Å². The van der Waals surface area contributed by atoms with Gasteiger partial charge in [0.2, 0.25) is 0 Å². The van der Waals surface area contributed by atoms with E-state index in [0.717, 1.165) is 19.6 Å². The predicted octanol–water partition coefficient (Wildman–Crippen LogP) is -0.430. The van der Waals surface area contributed by atoms with E-state index in [1.54, 1.807) is 7.11 Å². The lowest BCUT2D eigenvalue weighted by Gasteiger charge is -2.12. The molecule has 0 aromatic rings. The van der Waals surface area contributed by atoms with Crippen molar-refractivity contribution in [3.05, 3.63) is 0 Å².